The first-order valence-electron chi connectivity index (χ1n) is 10.8. The molecule has 3 aliphatic heterocycles. The third-order valence-corrected chi connectivity index (χ3v) is 5.72. The van der Waals surface area contributed by atoms with Gasteiger partial charge in [0.2, 0.25) is 0 Å². The van der Waals surface area contributed by atoms with Crippen LogP contribution in [0.15, 0.2) is 4.99 Å². The summed E-state index contributed by atoms with van der Waals surface area (Å²) < 4.78 is 11.2. The molecular formula is C20H39IN4O2. The maximum Gasteiger partial charge on any atom is 0.193 e. The summed E-state index contributed by atoms with van der Waals surface area (Å²) in [6.07, 6.45) is 6.21. The van der Waals surface area contributed by atoms with Crippen molar-refractivity contribution in [1.29, 1.82) is 0 Å². The Hall–Kier alpha value is -0.120. The Kier molecular flexibility index (Phi) is 11.3. The molecule has 0 aromatic rings. The van der Waals surface area contributed by atoms with Crippen LogP contribution in [-0.2, 0) is 9.47 Å². The second kappa shape index (κ2) is 13.2. The first-order chi connectivity index (χ1) is 12.8. The van der Waals surface area contributed by atoms with Gasteiger partial charge in [0.25, 0.3) is 0 Å². The van der Waals surface area contributed by atoms with Crippen LogP contribution in [0.5, 0.6) is 0 Å². The van der Waals surface area contributed by atoms with E-state index in [0.717, 1.165) is 77.3 Å². The van der Waals surface area contributed by atoms with Gasteiger partial charge in [-0.05, 0) is 58.0 Å². The van der Waals surface area contributed by atoms with Crippen LogP contribution in [0.2, 0.25) is 0 Å². The molecule has 0 aromatic heterocycles. The summed E-state index contributed by atoms with van der Waals surface area (Å²) in [7, 11) is 0. The van der Waals surface area contributed by atoms with Crippen molar-refractivity contribution in [3.63, 3.8) is 0 Å². The third kappa shape index (κ3) is 8.03. The Morgan fingerprint density at radius 3 is 2.78 bits per heavy atom. The fraction of sp³-hybridized carbons (Fsp3) is 0.950. The fourth-order valence-corrected chi connectivity index (χ4v) is 4.25. The average molecular weight is 494 g/mol. The second-order valence-electron chi connectivity index (χ2n) is 8.00. The molecule has 158 valence electrons. The normalized spacial score (nSPS) is 26.6. The van der Waals surface area contributed by atoms with E-state index in [0.29, 0.717) is 5.92 Å². The molecule has 3 rings (SSSR count). The summed E-state index contributed by atoms with van der Waals surface area (Å²) in [6.45, 7) is 13.5. The molecule has 2 atom stereocenters. The zero-order chi connectivity index (χ0) is 18.0. The van der Waals surface area contributed by atoms with Crippen molar-refractivity contribution < 1.29 is 9.47 Å². The van der Waals surface area contributed by atoms with E-state index >= 15 is 0 Å². The Morgan fingerprint density at radius 1 is 1.19 bits per heavy atom. The molecule has 0 bridgehead atoms. The third-order valence-electron chi connectivity index (χ3n) is 5.72. The van der Waals surface area contributed by atoms with E-state index in [4.69, 9.17) is 14.5 Å². The molecule has 1 N–H and O–H groups in total. The lowest BCUT2D eigenvalue weighted by atomic mass is 10.1. The summed E-state index contributed by atoms with van der Waals surface area (Å²) >= 11 is 0. The van der Waals surface area contributed by atoms with Gasteiger partial charge in [0.05, 0.1) is 13.2 Å². The predicted molar refractivity (Wildman–Crippen MR) is 121 cm³/mol. The molecule has 27 heavy (non-hydrogen) atoms. The minimum absolute atomic E-state index is 0. The number of nitrogens with zero attached hydrogens (tertiary/aromatic N) is 3. The van der Waals surface area contributed by atoms with Gasteiger partial charge in [0.15, 0.2) is 5.96 Å². The maximum absolute atomic E-state index is 5.79. The Balaban J connectivity index is 0.00000261. The summed E-state index contributed by atoms with van der Waals surface area (Å²) in [6, 6.07) is 0. The highest BCUT2D eigenvalue weighted by Crippen LogP contribution is 2.20. The largest absolute Gasteiger partial charge is 0.381 e. The van der Waals surface area contributed by atoms with E-state index in [1.54, 1.807) is 0 Å². The van der Waals surface area contributed by atoms with E-state index in [-0.39, 0.29) is 24.0 Å². The molecule has 3 saturated heterocycles. The quantitative estimate of drug-likeness (QED) is 0.231. The number of rotatable bonds is 9. The molecule has 6 nitrogen and oxygen atoms in total. The lowest BCUT2D eigenvalue weighted by Crippen LogP contribution is -2.40. The first-order valence-corrected chi connectivity index (χ1v) is 10.8. The highest BCUT2D eigenvalue weighted by Gasteiger charge is 2.27. The lowest BCUT2D eigenvalue weighted by Gasteiger charge is -2.23. The van der Waals surface area contributed by atoms with Crippen LogP contribution in [0.3, 0.4) is 0 Å². The van der Waals surface area contributed by atoms with Crippen LogP contribution in [0.1, 0.15) is 39.0 Å². The molecule has 0 amide bonds. The summed E-state index contributed by atoms with van der Waals surface area (Å²) in [4.78, 5) is 9.95. The number of hydrogen-bond acceptors (Lipinski definition) is 4. The number of halogens is 1. The predicted octanol–water partition coefficient (Wildman–Crippen LogP) is 2.43. The van der Waals surface area contributed by atoms with E-state index in [1.807, 2.05) is 0 Å². The van der Waals surface area contributed by atoms with E-state index < -0.39 is 0 Å². The van der Waals surface area contributed by atoms with Crippen molar-refractivity contribution in [3.05, 3.63) is 0 Å². The number of nitrogens with one attached hydrogen (secondary N) is 1. The molecule has 2 unspecified atom stereocenters. The zero-order valence-electron chi connectivity index (χ0n) is 17.0. The van der Waals surface area contributed by atoms with Crippen LogP contribution < -0.4 is 5.32 Å². The molecule has 0 saturated carbocycles. The van der Waals surface area contributed by atoms with Crippen molar-refractivity contribution in [2.45, 2.75) is 39.0 Å². The molecule has 7 heteroatoms. The smallest absolute Gasteiger partial charge is 0.193 e. The van der Waals surface area contributed by atoms with Gasteiger partial charge in [-0.25, -0.2) is 0 Å². The van der Waals surface area contributed by atoms with Crippen molar-refractivity contribution in [2.24, 2.45) is 16.8 Å². The first kappa shape index (κ1) is 23.2. The van der Waals surface area contributed by atoms with Gasteiger partial charge >= 0.3 is 0 Å². The number of hydrogen-bond donors (Lipinski definition) is 1. The Labute approximate surface area is 182 Å². The molecule has 0 radical (unpaired) electrons. The second-order valence-corrected chi connectivity index (χ2v) is 8.00. The minimum Gasteiger partial charge on any atom is -0.381 e. The molecular weight excluding hydrogens is 455 g/mol. The highest BCUT2D eigenvalue weighted by atomic mass is 127. The van der Waals surface area contributed by atoms with Gasteiger partial charge in [-0.1, -0.05) is 0 Å². The van der Waals surface area contributed by atoms with E-state index in [1.165, 1.54) is 38.9 Å². The topological polar surface area (TPSA) is 49.3 Å². The van der Waals surface area contributed by atoms with Gasteiger partial charge in [-0.15, -0.1) is 24.0 Å². The van der Waals surface area contributed by atoms with Gasteiger partial charge < -0.3 is 24.6 Å². The van der Waals surface area contributed by atoms with Crippen LogP contribution >= 0.6 is 24.0 Å². The standard InChI is InChI=1S/C20H38N4O2.HI/c1-2-21-20(22-8-5-12-25-16-19-7-13-26-17-19)24-11-6-18(15-24)14-23-9-3-4-10-23;/h18-19H,2-17H2,1H3,(H,21,22);1H. The van der Waals surface area contributed by atoms with E-state index in [2.05, 4.69) is 22.0 Å². The summed E-state index contributed by atoms with van der Waals surface area (Å²) in [5, 5.41) is 3.48. The zero-order valence-corrected chi connectivity index (χ0v) is 19.4. The van der Waals surface area contributed by atoms with Crippen molar-refractivity contribution in [3.8, 4) is 0 Å². The molecule has 3 fully saturated rings. The van der Waals surface area contributed by atoms with Gasteiger partial charge in [-0.3, -0.25) is 4.99 Å². The van der Waals surface area contributed by atoms with Crippen molar-refractivity contribution >= 4 is 29.9 Å². The Morgan fingerprint density at radius 2 is 2.04 bits per heavy atom. The highest BCUT2D eigenvalue weighted by molar-refractivity contribution is 14.0. The SMILES string of the molecule is CCNC(=NCCCOCC1CCOC1)N1CCC(CN2CCCC2)C1.I. The van der Waals surface area contributed by atoms with Gasteiger partial charge in [-0.2, -0.15) is 0 Å². The Bertz CT molecular complexity index is 426. The lowest BCUT2D eigenvalue weighted by molar-refractivity contribution is 0.0893. The molecule has 0 aliphatic carbocycles. The maximum atomic E-state index is 5.79. The van der Waals surface area contributed by atoms with Crippen molar-refractivity contribution in [1.82, 2.24) is 15.1 Å². The van der Waals surface area contributed by atoms with E-state index in [9.17, 15) is 0 Å². The van der Waals surface area contributed by atoms with Crippen LogP contribution in [-0.4, -0.2) is 88.0 Å². The van der Waals surface area contributed by atoms with Gasteiger partial charge in [0, 0.05) is 51.9 Å². The van der Waals surface area contributed by atoms with Crippen LogP contribution in [0.25, 0.3) is 0 Å². The number of ether oxygens (including phenoxy) is 2. The number of guanidine groups is 1. The monoisotopic (exact) mass is 494 g/mol. The molecule has 3 aliphatic rings. The summed E-state index contributed by atoms with van der Waals surface area (Å²) in [5.41, 5.74) is 0. The molecule has 3 heterocycles. The van der Waals surface area contributed by atoms with Crippen LogP contribution in [0.4, 0.5) is 0 Å². The average Bonchev–Trinajstić information content (AvgIpc) is 3.40. The fourth-order valence-electron chi connectivity index (χ4n) is 4.25. The molecule has 0 spiro atoms. The molecule has 0 aromatic carbocycles. The van der Waals surface area contributed by atoms with Crippen molar-refractivity contribution in [2.75, 3.05) is 72.2 Å². The van der Waals surface area contributed by atoms with Gasteiger partial charge in [0.1, 0.15) is 0 Å². The minimum atomic E-state index is 0. The number of aliphatic imine (C=N–C) groups is 1. The number of likely N-dealkylation sites (tertiary alicyclic amines) is 2. The van der Waals surface area contributed by atoms with Crippen LogP contribution in [0, 0.1) is 11.8 Å². The summed E-state index contributed by atoms with van der Waals surface area (Å²) in [5.74, 6) is 2.50.